The van der Waals surface area contributed by atoms with Gasteiger partial charge in [-0.3, -0.25) is 20.2 Å². The summed E-state index contributed by atoms with van der Waals surface area (Å²) in [5, 5.41) is 32.6. The number of non-ortho nitro benzene ring substituents is 1. The number of esters is 1. The molecule has 0 aliphatic carbocycles. The van der Waals surface area contributed by atoms with E-state index in [1.165, 1.54) is 5.41 Å². The van der Waals surface area contributed by atoms with E-state index in [0.29, 0.717) is 11.8 Å². The molecule has 0 fully saturated rings. The fourth-order valence-electron chi connectivity index (χ4n) is 1.30. The minimum atomic E-state index is -0.821. The van der Waals surface area contributed by atoms with Crippen LogP contribution in [0.2, 0.25) is 0 Å². The van der Waals surface area contributed by atoms with E-state index in [4.69, 9.17) is 10.00 Å². The van der Waals surface area contributed by atoms with Gasteiger partial charge in [-0.05, 0) is 17.2 Å². The van der Waals surface area contributed by atoms with Crippen LogP contribution in [-0.2, 0) is 16.1 Å². The molecule has 0 radical (unpaired) electrons. The second kappa shape index (κ2) is 7.61. The number of ether oxygens (including phenoxy) is 1. The Morgan fingerprint density at radius 3 is 2.67 bits per heavy atom. The van der Waals surface area contributed by atoms with E-state index in [1.807, 2.05) is 0 Å². The third-order valence-electron chi connectivity index (χ3n) is 2.17. The summed E-state index contributed by atoms with van der Waals surface area (Å²) in [4.78, 5) is 31.2. The quantitative estimate of drug-likeness (QED) is 0.256. The van der Waals surface area contributed by atoms with Gasteiger partial charge in [0.2, 0.25) is 0 Å². The van der Waals surface area contributed by atoms with Crippen molar-refractivity contribution in [3.63, 3.8) is 0 Å². The molecule has 0 amide bonds. The molecule has 0 aliphatic heterocycles. The van der Waals surface area contributed by atoms with Gasteiger partial charge in [-0.1, -0.05) is 0 Å². The largest absolute Gasteiger partial charge is 0.457 e. The SMILES string of the molecule is N#CS/C=C\C(=O)OCc1cc([N+](=O)[O-])ccc1[N+](=O)[O-]. The fourth-order valence-corrected chi connectivity index (χ4v) is 1.54. The van der Waals surface area contributed by atoms with Gasteiger partial charge in [0.25, 0.3) is 11.4 Å². The number of thiocyanates is 1. The topological polar surface area (TPSA) is 136 Å². The smallest absolute Gasteiger partial charge is 0.331 e. The predicted octanol–water partition coefficient (Wildman–Crippen LogP) is 2.27. The van der Waals surface area contributed by atoms with Crippen LogP contribution in [-0.4, -0.2) is 15.8 Å². The molecule has 0 unspecified atom stereocenters. The van der Waals surface area contributed by atoms with E-state index in [1.54, 1.807) is 5.40 Å². The standard InChI is InChI=1S/C11H7N3O6S/c12-7-21-4-3-11(15)20-6-8-5-9(13(16)17)1-2-10(8)14(18)19/h1-5H,6H2/b4-3-. The van der Waals surface area contributed by atoms with E-state index in [0.717, 1.165) is 24.3 Å². The molecule has 0 aliphatic rings. The van der Waals surface area contributed by atoms with Gasteiger partial charge >= 0.3 is 5.97 Å². The molecule has 0 N–H and O–H groups in total. The monoisotopic (exact) mass is 309 g/mol. The second-order valence-electron chi connectivity index (χ2n) is 3.45. The lowest BCUT2D eigenvalue weighted by molar-refractivity contribution is -0.389. The molecule has 0 atom stereocenters. The van der Waals surface area contributed by atoms with E-state index < -0.39 is 22.4 Å². The van der Waals surface area contributed by atoms with Crippen LogP contribution in [0.1, 0.15) is 5.56 Å². The average molecular weight is 309 g/mol. The Morgan fingerprint density at radius 1 is 1.38 bits per heavy atom. The first kappa shape index (κ1) is 16.1. The maximum Gasteiger partial charge on any atom is 0.331 e. The molecule has 108 valence electrons. The zero-order valence-corrected chi connectivity index (χ0v) is 11.1. The Kier molecular flexibility index (Phi) is 5.84. The van der Waals surface area contributed by atoms with Gasteiger partial charge in [-0.25, -0.2) is 4.79 Å². The van der Waals surface area contributed by atoms with Crippen molar-refractivity contribution < 1.29 is 19.4 Å². The van der Waals surface area contributed by atoms with Crippen molar-refractivity contribution >= 4 is 29.1 Å². The van der Waals surface area contributed by atoms with Crippen molar-refractivity contribution in [2.75, 3.05) is 0 Å². The van der Waals surface area contributed by atoms with Crippen molar-refractivity contribution in [3.8, 4) is 5.40 Å². The van der Waals surface area contributed by atoms with Crippen LogP contribution in [0.25, 0.3) is 0 Å². The predicted molar refractivity (Wildman–Crippen MR) is 71.9 cm³/mol. The molecule has 0 heterocycles. The molecule has 0 spiro atoms. The third kappa shape index (κ3) is 4.92. The number of benzene rings is 1. The fraction of sp³-hybridized carbons (Fsp3) is 0.0909. The van der Waals surface area contributed by atoms with Gasteiger partial charge in [0.15, 0.2) is 0 Å². The van der Waals surface area contributed by atoms with Crippen molar-refractivity contribution in [2.24, 2.45) is 0 Å². The number of carbonyl (C=O) groups is 1. The van der Waals surface area contributed by atoms with E-state index in [2.05, 4.69) is 0 Å². The van der Waals surface area contributed by atoms with Crippen molar-refractivity contribution in [2.45, 2.75) is 6.61 Å². The minimum absolute atomic E-state index is 0.0936. The molecule has 0 bridgehead atoms. The lowest BCUT2D eigenvalue weighted by Gasteiger charge is -2.03. The zero-order chi connectivity index (χ0) is 15.8. The number of rotatable bonds is 6. The van der Waals surface area contributed by atoms with Crippen LogP contribution < -0.4 is 0 Å². The Hall–Kier alpha value is -2.93. The highest BCUT2D eigenvalue weighted by Gasteiger charge is 2.19. The van der Waals surface area contributed by atoms with Gasteiger partial charge in [-0.15, -0.1) is 0 Å². The minimum Gasteiger partial charge on any atom is -0.457 e. The van der Waals surface area contributed by atoms with Crippen molar-refractivity contribution in [1.29, 1.82) is 5.26 Å². The molecule has 0 saturated heterocycles. The highest BCUT2D eigenvalue weighted by molar-refractivity contribution is 8.06. The van der Waals surface area contributed by atoms with Crippen LogP contribution in [0.15, 0.2) is 29.7 Å². The number of hydrogen-bond donors (Lipinski definition) is 0. The molecule has 1 aromatic carbocycles. The van der Waals surface area contributed by atoms with Crippen LogP contribution in [0.3, 0.4) is 0 Å². The van der Waals surface area contributed by atoms with Gasteiger partial charge < -0.3 is 4.74 Å². The van der Waals surface area contributed by atoms with Crippen molar-refractivity contribution in [3.05, 3.63) is 55.5 Å². The molecule has 1 rings (SSSR count). The first-order chi connectivity index (χ1) is 9.95. The Bertz CT molecular complexity index is 652. The van der Waals surface area contributed by atoms with Crippen LogP contribution in [0.4, 0.5) is 11.4 Å². The first-order valence-electron chi connectivity index (χ1n) is 5.25. The maximum absolute atomic E-state index is 11.3. The molecule has 0 saturated carbocycles. The normalized spacial score (nSPS) is 10.0. The second-order valence-corrected chi connectivity index (χ2v) is 4.14. The third-order valence-corrected chi connectivity index (χ3v) is 2.54. The Morgan fingerprint density at radius 2 is 2.10 bits per heavy atom. The Balaban J connectivity index is 2.88. The number of nitro groups is 2. The number of thioether (sulfide) groups is 1. The summed E-state index contributed by atoms with van der Waals surface area (Å²) in [6.45, 7) is -0.488. The summed E-state index contributed by atoms with van der Waals surface area (Å²) >= 11 is 0.699. The number of nitriles is 1. The lowest BCUT2D eigenvalue weighted by Crippen LogP contribution is -2.04. The lowest BCUT2D eigenvalue weighted by atomic mass is 10.1. The van der Waals surface area contributed by atoms with Crippen molar-refractivity contribution in [1.82, 2.24) is 0 Å². The zero-order valence-electron chi connectivity index (χ0n) is 10.3. The summed E-state index contributed by atoms with van der Waals surface area (Å²) in [6, 6.07) is 2.94. The number of nitro benzene ring substituents is 2. The summed E-state index contributed by atoms with van der Waals surface area (Å²) < 4.78 is 4.72. The molecule has 1 aromatic rings. The molecular weight excluding hydrogens is 302 g/mol. The maximum atomic E-state index is 11.3. The van der Waals surface area contributed by atoms with Crippen LogP contribution >= 0.6 is 11.8 Å². The highest BCUT2D eigenvalue weighted by atomic mass is 32.2. The average Bonchev–Trinajstić information content (AvgIpc) is 2.44. The summed E-state index contributed by atoms with van der Waals surface area (Å²) in [5.74, 6) is -0.821. The number of carbonyl (C=O) groups excluding carboxylic acids is 1. The van der Waals surface area contributed by atoms with E-state index in [-0.39, 0.29) is 16.9 Å². The molecular formula is C11H7N3O6S. The van der Waals surface area contributed by atoms with Gasteiger partial charge in [0.1, 0.15) is 12.0 Å². The molecule has 9 nitrogen and oxygen atoms in total. The van der Waals surface area contributed by atoms with Gasteiger partial charge in [0, 0.05) is 24.3 Å². The summed E-state index contributed by atoms with van der Waals surface area (Å²) in [5.41, 5.74) is -0.824. The number of hydrogen-bond acceptors (Lipinski definition) is 8. The van der Waals surface area contributed by atoms with Gasteiger partial charge in [0.05, 0.1) is 15.4 Å². The van der Waals surface area contributed by atoms with Gasteiger partial charge in [-0.2, -0.15) is 5.26 Å². The highest BCUT2D eigenvalue weighted by Crippen LogP contribution is 2.24. The summed E-state index contributed by atoms with van der Waals surface area (Å²) in [7, 11) is 0. The number of nitrogens with zero attached hydrogens (tertiary/aromatic N) is 3. The van der Waals surface area contributed by atoms with Crippen LogP contribution in [0.5, 0.6) is 0 Å². The molecule has 21 heavy (non-hydrogen) atoms. The van der Waals surface area contributed by atoms with Crippen LogP contribution in [0, 0.1) is 30.9 Å². The summed E-state index contributed by atoms with van der Waals surface area (Å²) in [6.07, 6.45) is 0.969. The van der Waals surface area contributed by atoms with E-state index >= 15 is 0 Å². The van der Waals surface area contributed by atoms with E-state index in [9.17, 15) is 25.0 Å². The first-order valence-corrected chi connectivity index (χ1v) is 6.13. The molecule has 10 heteroatoms. The Labute approximate surface area is 122 Å². The molecule has 0 aromatic heterocycles.